The summed E-state index contributed by atoms with van der Waals surface area (Å²) in [6.07, 6.45) is 3.65. The Morgan fingerprint density at radius 2 is 1.91 bits per heavy atom. The molecule has 2 aliphatic carbocycles. The van der Waals surface area contributed by atoms with Crippen LogP contribution < -0.4 is 11.1 Å². The number of carbonyl (C=O) groups excluding carboxylic acids is 1. The topological polar surface area (TPSA) is 55.1 Å². The first kappa shape index (κ1) is 17.3. The first-order valence-electron chi connectivity index (χ1n) is 7.98. The van der Waals surface area contributed by atoms with Crippen LogP contribution in [0.25, 0.3) is 0 Å². The highest BCUT2D eigenvalue weighted by Gasteiger charge is 2.61. The van der Waals surface area contributed by atoms with Crippen molar-refractivity contribution < 1.29 is 4.79 Å². The molecule has 3 unspecified atom stereocenters. The van der Waals surface area contributed by atoms with Gasteiger partial charge in [0.25, 0.3) is 5.91 Å². The van der Waals surface area contributed by atoms with Crippen LogP contribution in [0.2, 0.25) is 0 Å². The van der Waals surface area contributed by atoms with Gasteiger partial charge in [0.2, 0.25) is 0 Å². The molecule has 0 aromatic heterocycles. The monoisotopic (exact) mass is 322 g/mol. The highest BCUT2D eigenvalue weighted by Crippen LogP contribution is 2.65. The Bertz CT molecular complexity index is 555. The van der Waals surface area contributed by atoms with Crippen LogP contribution in [-0.2, 0) is 6.54 Å². The second kappa shape index (κ2) is 5.86. The summed E-state index contributed by atoms with van der Waals surface area (Å²) in [6, 6.07) is 7.91. The van der Waals surface area contributed by atoms with Crippen molar-refractivity contribution in [1.82, 2.24) is 5.32 Å². The number of halogens is 1. The third-order valence-corrected chi connectivity index (χ3v) is 6.55. The van der Waals surface area contributed by atoms with Crippen molar-refractivity contribution in [2.75, 3.05) is 0 Å². The molecular formula is C18H27ClN2O. The molecule has 3 N–H and O–H groups in total. The molecule has 2 bridgehead atoms. The lowest BCUT2D eigenvalue weighted by molar-refractivity contribution is 0.0826. The first-order chi connectivity index (χ1) is 9.88. The summed E-state index contributed by atoms with van der Waals surface area (Å²) < 4.78 is 0. The van der Waals surface area contributed by atoms with Gasteiger partial charge in [-0.1, -0.05) is 32.9 Å². The van der Waals surface area contributed by atoms with Gasteiger partial charge in [-0.3, -0.25) is 4.79 Å². The van der Waals surface area contributed by atoms with Gasteiger partial charge in [0.15, 0.2) is 0 Å². The minimum absolute atomic E-state index is 0. The Labute approximate surface area is 139 Å². The van der Waals surface area contributed by atoms with E-state index in [-0.39, 0.29) is 23.7 Å². The summed E-state index contributed by atoms with van der Waals surface area (Å²) in [5, 5.41) is 3.29. The van der Waals surface area contributed by atoms with E-state index < -0.39 is 0 Å². The second-order valence-corrected chi connectivity index (χ2v) is 7.54. The lowest BCUT2D eigenvalue weighted by atomic mass is 9.69. The molecule has 22 heavy (non-hydrogen) atoms. The second-order valence-electron chi connectivity index (χ2n) is 7.54. The number of carbonyl (C=O) groups is 1. The molecule has 0 saturated heterocycles. The van der Waals surface area contributed by atoms with Crippen LogP contribution in [0.4, 0.5) is 0 Å². The molecule has 0 heterocycles. The summed E-state index contributed by atoms with van der Waals surface area (Å²) in [5.41, 5.74) is 7.94. The van der Waals surface area contributed by atoms with Gasteiger partial charge in [-0.2, -0.15) is 0 Å². The summed E-state index contributed by atoms with van der Waals surface area (Å²) in [6.45, 7) is 7.60. The molecule has 2 aliphatic rings. The summed E-state index contributed by atoms with van der Waals surface area (Å²) in [4.78, 5) is 12.5. The smallest absolute Gasteiger partial charge is 0.251 e. The molecular weight excluding hydrogens is 296 g/mol. The van der Waals surface area contributed by atoms with Gasteiger partial charge in [-0.05, 0) is 53.7 Å². The number of benzene rings is 1. The molecule has 2 saturated carbocycles. The van der Waals surface area contributed by atoms with Gasteiger partial charge in [0, 0.05) is 18.2 Å². The molecule has 3 atom stereocenters. The van der Waals surface area contributed by atoms with Gasteiger partial charge in [0.1, 0.15) is 0 Å². The van der Waals surface area contributed by atoms with Crippen LogP contribution in [-0.4, -0.2) is 11.9 Å². The molecule has 3 nitrogen and oxygen atoms in total. The van der Waals surface area contributed by atoms with Crippen LogP contribution in [0.15, 0.2) is 24.3 Å². The fourth-order valence-corrected chi connectivity index (χ4v) is 4.46. The van der Waals surface area contributed by atoms with E-state index in [1.807, 2.05) is 24.3 Å². The molecule has 122 valence electrons. The molecule has 0 aliphatic heterocycles. The minimum atomic E-state index is 0. The van der Waals surface area contributed by atoms with Crippen LogP contribution in [0, 0.1) is 16.7 Å². The zero-order valence-corrected chi connectivity index (χ0v) is 14.5. The van der Waals surface area contributed by atoms with Gasteiger partial charge in [0.05, 0.1) is 0 Å². The van der Waals surface area contributed by atoms with Crippen molar-refractivity contribution in [2.45, 2.75) is 52.6 Å². The predicted molar refractivity (Wildman–Crippen MR) is 92.1 cm³/mol. The normalized spacial score (nSPS) is 31.6. The lowest BCUT2D eigenvalue weighted by Crippen LogP contribution is -2.46. The number of amides is 1. The number of nitrogens with one attached hydrogen (secondary N) is 1. The molecule has 1 aromatic rings. The van der Waals surface area contributed by atoms with Crippen LogP contribution in [0.5, 0.6) is 0 Å². The van der Waals surface area contributed by atoms with Crippen molar-refractivity contribution in [1.29, 1.82) is 0 Å². The van der Waals surface area contributed by atoms with Crippen molar-refractivity contribution in [2.24, 2.45) is 22.5 Å². The molecule has 4 heteroatoms. The highest BCUT2D eigenvalue weighted by atomic mass is 35.5. The Balaban J connectivity index is 0.00000176. The standard InChI is InChI=1S/C18H26N2O.ClH/c1-17(2)14-8-9-18(17,3)15(10-14)20-16(21)13-6-4-12(11-19)5-7-13;/h4-7,14-15H,8-11,19H2,1-3H3,(H,20,21);1H. The van der Waals surface area contributed by atoms with E-state index in [0.717, 1.165) is 23.5 Å². The van der Waals surface area contributed by atoms with Crippen LogP contribution >= 0.6 is 12.4 Å². The molecule has 0 spiro atoms. The predicted octanol–water partition coefficient (Wildman–Crippen LogP) is 3.51. The van der Waals surface area contributed by atoms with Crippen molar-refractivity contribution >= 4 is 18.3 Å². The van der Waals surface area contributed by atoms with E-state index in [1.54, 1.807) is 0 Å². The molecule has 0 radical (unpaired) electrons. The maximum absolute atomic E-state index is 12.5. The molecule has 2 fully saturated rings. The number of fused-ring (bicyclic) bond motifs is 2. The average molecular weight is 323 g/mol. The van der Waals surface area contributed by atoms with Gasteiger partial charge < -0.3 is 11.1 Å². The molecule has 1 aromatic carbocycles. The number of hydrogen-bond donors (Lipinski definition) is 2. The van der Waals surface area contributed by atoms with Crippen LogP contribution in [0.1, 0.15) is 56.0 Å². The van der Waals surface area contributed by atoms with E-state index in [9.17, 15) is 4.79 Å². The summed E-state index contributed by atoms with van der Waals surface area (Å²) in [7, 11) is 0. The van der Waals surface area contributed by atoms with Gasteiger partial charge in [-0.15, -0.1) is 12.4 Å². The van der Waals surface area contributed by atoms with E-state index >= 15 is 0 Å². The molecule has 1 amide bonds. The highest BCUT2D eigenvalue weighted by molar-refractivity contribution is 5.94. The van der Waals surface area contributed by atoms with Gasteiger partial charge >= 0.3 is 0 Å². The van der Waals surface area contributed by atoms with E-state index in [2.05, 4.69) is 26.1 Å². The van der Waals surface area contributed by atoms with E-state index in [1.165, 1.54) is 12.8 Å². The minimum Gasteiger partial charge on any atom is -0.349 e. The largest absolute Gasteiger partial charge is 0.349 e. The maximum Gasteiger partial charge on any atom is 0.251 e. The lowest BCUT2D eigenvalue weighted by Gasteiger charge is -2.39. The number of hydrogen-bond acceptors (Lipinski definition) is 2. The van der Waals surface area contributed by atoms with Crippen LogP contribution in [0.3, 0.4) is 0 Å². The van der Waals surface area contributed by atoms with Crippen molar-refractivity contribution in [3.8, 4) is 0 Å². The SMILES string of the molecule is CC1(C)C2CCC1(C)C(NC(=O)c1ccc(CN)cc1)C2.Cl. The Hall–Kier alpha value is -1.06. The van der Waals surface area contributed by atoms with Gasteiger partial charge in [-0.25, -0.2) is 0 Å². The zero-order chi connectivity index (χ0) is 15.3. The Morgan fingerprint density at radius 1 is 1.27 bits per heavy atom. The zero-order valence-electron chi connectivity index (χ0n) is 13.7. The number of rotatable bonds is 3. The van der Waals surface area contributed by atoms with Crippen molar-refractivity contribution in [3.63, 3.8) is 0 Å². The average Bonchev–Trinajstić information content (AvgIpc) is 2.80. The quantitative estimate of drug-likeness (QED) is 0.894. The summed E-state index contributed by atoms with van der Waals surface area (Å²) in [5.74, 6) is 0.792. The molecule has 3 rings (SSSR count). The Morgan fingerprint density at radius 3 is 2.36 bits per heavy atom. The van der Waals surface area contributed by atoms with E-state index in [4.69, 9.17) is 5.73 Å². The van der Waals surface area contributed by atoms with E-state index in [0.29, 0.717) is 18.0 Å². The third-order valence-electron chi connectivity index (χ3n) is 6.55. The fourth-order valence-electron chi connectivity index (χ4n) is 4.46. The maximum atomic E-state index is 12.5. The third kappa shape index (κ3) is 2.44. The summed E-state index contributed by atoms with van der Waals surface area (Å²) >= 11 is 0. The fraction of sp³-hybridized carbons (Fsp3) is 0.611. The first-order valence-corrected chi connectivity index (χ1v) is 7.98. The van der Waals surface area contributed by atoms with Crippen molar-refractivity contribution in [3.05, 3.63) is 35.4 Å². The number of nitrogens with two attached hydrogens (primary N) is 1. The Kier molecular flexibility index (Phi) is 4.61.